The second kappa shape index (κ2) is 9.70. The predicted molar refractivity (Wildman–Crippen MR) is 111 cm³/mol. The molecule has 10 heteroatoms. The number of amides is 1. The molecule has 1 heterocycles. The molecule has 0 spiro atoms. The van der Waals surface area contributed by atoms with Crippen LogP contribution < -0.4 is 16.0 Å². The number of hydrogen-bond donors (Lipinski definition) is 4. The van der Waals surface area contributed by atoms with Crippen LogP contribution in [0.25, 0.3) is 11.4 Å². The Morgan fingerprint density at radius 2 is 2.19 bits per heavy atom. The Morgan fingerprint density at radius 3 is 2.81 bits per heavy atom. The number of nitrogens with two attached hydrogens (primary N) is 1. The van der Waals surface area contributed by atoms with Gasteiger partial charge in [-0.2, -0.15) is 10.2 Å². The molecule has 0 bridgehead atoms. The number of aromatic nitrogens is 2. The van der Waals surface area contributed by atoms with E-state index in [1.165, 1.54) is 0 Å². The van der Waals surface area contributed by atoms with Crippen LogP contribution >= 0.6 is 0 Å². The van der Waals surface area contributed by atoms with Crippen molar-refractivity contribution >= 4 is 11.7 Å². The van der Waals surface area contributed by atoms with E-state index >= 15 is 0 Å². The number of ether oxygens (including phenoxy) is 1. The summed E-state index contributed by atoms with van der Waals surface area (Å²) in [4.78, 5) is 26.4. The van der Waals surface area contributed by atoms with Gasteiger partial charge >= 0.3 is 0 Å². The lowest BCUT2D eigenvalue weighted by Crippen LogP contribution is -2.44. The number of hydrogen-bond acceptors (Lipinski definition) is 9. The average Bonchev–Trinajstić information content (AvgIpc) is 2.75. The molecule has 1 aromatic heterocycles. The molecule has 3 rings (SSSR count). The second-order valence-corrected chi connectivity index (χ2v) is 7.43. The molecule has 164 valence electrons. The number of nitrogens with one attached hydrogen (secondary N) is 1. The maximum absolute atomic E-state index is 12.7. The quantitative estimate of drug-likeness (QED) is 0.432. The monoisotopic (exact) mass is 427 g/mol. The Bertz CT molecular complexity index is 983. The molecule has 1 aromatic carbocycles. The van der Waals surface area contributed by atoms with Crippen molar-refractivity contribution in [3.63, 3.8) is 0 Å². The van der Waals surface area contributed by atoms with Crippen molar-refractivity contribution in [3.8, 4) is 23.3 Å². The molecule has 1 fully saturated rings. The molecule has 1 aliphatic rings. The number of nitrogens with zero attached hydrogens (tertiary/aromatic N) is 3. The topological polar surface area (TPSA) is 164 Å². The first-order valence-electron chi connectivity index (χ1n) is 9.99. The van der Waals surface area contributed by atoms with E-state index in [1.807, 2.05) is 13.0 Å². The van der Waals surface area contributed by atoms with Gasteiger partial charge in [-0.25, -0.2) is 10.5 Å². The minimum atomic E-state index is -0.936. The highest BCUT2D eigenvalue weighted by Gasteiger charge is 2.35. The summed E-state index contributed by atoms with van der Waals surface area (Å²) in [5.74, 6) is -0.841. The Hall–Kier alpha value is -3.26. The fourth-order valence-corrected chi connectivity index (χ4v) is 3.04. The zero-order valence-corrected chi connectivity index (χ0v) is 17.2. The summed E-state index contributed by atoms with van der Waals surface area (Å²) >= 11 is 0. The van der Waals surface area contributed by atoms with E-state index in [-0.39, 0.29) is 36.3 Å². The first kappa shape index (κ1) is 22.4. The third-order valence-electron chi connectivity index (χ3n) is 5.11. The SMILES string of the molecule is CC[C@H](CO)Oc1nc(-c2cccc(C#N)c2)nc(N)c1C(=O)NOCC1(O)CCC1. The van der Waals surface area contributed by atoms with E-state index in [0.717, 1.165) is 6.42 Å². The van der Waals surface area contributed by atoms with Gasteiger partial charge in [-0.05, 0) is 37.8 Å². The van der Waals surface area contributed by atoms with Gasteiger partial charge in [0.1, 0.15) is 24.1 Å². The molecule has 10 nitrogen and oxygen atoms in total. The van der Waals surface area contributed by atoms with Crippen LogP contribution in [0.5, 0.6) is 5.88 Å². The van der Waals surface area contributed by atoms with Crippen LogP contribution in [0.2, 0.25) is 0 Å². The van der Waals surface area contributed by atoms with Crippen LogP contribution in [-0.2, 0) is 4.84 Å². The van der Waals surface area contributed by atoms with E-state index in [0.29, 0.717) is 30.4 Å². The zero-order valence-electron chi connectivity index (χ0n) is 17.2. The number of nitrogen functional groups attached to an aromatic ring is 1. The molecule has 1 aliphatic carbocycles. The molecule has 2 aromatic rings. The standard InChI is InChI=1S/C21H25N5O5/c1-2-15(11-27)31-20-16(19(28)26-30-12-21(29)7-4-8-21)17(23)24-18(25-20)14-6-3-5-13(9-14)10-22/h3,5-6,9,15,27,29H,2,4,7-8,11-12H2,1H3,(H,26,28)(H2,23,24,25)/t15-/m1/s1. The van der Waals surface area contributed by atoms with E-state index in [9.17, 15) is 15.0 Å². The number of anilines is 1. The molecule has 1 amide bonds. The molecule has 5 N–H and O–H groups in total. The van der Waals surface area contributed by atoms with Crippen LogP contribution in [0, 0.1) is 11.3 Å². The number of nitriles is 1. The summed E-state index contributed by atoms with van der Waals surface area (Å²) in [7, 11) is 0. The Balaban J connectivity index is 1.90. The minimum Gasteiger partial charge on any atom is -0.471 e. The highest BCUT2D eigenvalue weighted by molar-refractivity contribution is 6.00. The maximum Gasteiger partial charge on any atom is 0.284 e. The zero-order chi connectivity index (χ0) is 22.4. The number of benzene rings is 1. The molecular weight excluding hydrogens is 402 g/mol. The third kappa shape index (κ3) is 5.27. The Morgan fingerprint density at radius 1 is 1.42 bits per heavy atom. The lowest BCUT2D eigenvalue weighted by molar-refractivity contribution is -0.113. The van der Waals surface area contributed by atoms with Gasteiger partial charge in [0.2, 0.25) is 5.88 Å². The van der Waals surface area contributed by atoms with Crippen LogP contribution in [0.1, 0.15) is 48.5 Å². The van der Waals surface area contributed by atoms with Gasteiger partial charge in [-0.1, -0.05) is 19.1 Å². The van der Waals surface area contributed by atoms with Crippen LogP contribution in [-0.4, -0.2) is 51.0 Å². The van der Waals surface area contributed by atoms with Crippen molar-refractivity contribution in [1.29, 1.82) is 5.26 Å². The van der Waals surface area contributed by atoms with Gasteiger partial charge in [0.15, 0.2) is 5.82 Å². The van der Waals surface area contributed by atoms with Gasteiger partial charge in [0, 0.05) is 5.56 Å². The highest BCUT2D eigenvalue weighted by atomic mass is 16.7. The van der Waals surface area contributed by atoms with Crippen molar-refractivity contribution in [2.24, 2.45) is 0 Å². The van der Waals surface area contributed by atoms with Crippen molar-refractivity contribution < 1.29 is 24.6 Å². The second-order valence-electron chi connectivity index (χ2n) is 7.43. The number of aliphatic hydroxyl groups excluding tert-OH is 1. The van der Waals surface area contributed by atoms with Gasteiger partial charge in [0.25, 0.3) is 5.91 Å². The average molecular weight is 427 g/mol. The fourth-order valence-electron chi connectivity index (χ4n) is 3.04. The highest BCUT2D eigenvalue weighted by Crippen LogP contribution is 2.31. The van der Waals surface area contributed by atoms with Gasteiger partial charge in [-0.15, -0.1) is 0 Å². The minimum absolute atomic E-state index is 0.0526. The number of rotatable bonds is 9. The summed E-state index contributed by atoms with van der Waals surface area (Å²) in [6, 6.07) is 8.64. The Kier molecular flexibility index (Phi) is 7.02. The number of carbonyl (C=O) groups is 1. The van der Waals surface area contributed by atoms with E-state index in [1.54, 1.807) is 24.3 Å². The normalized spacial score (nSPS) is 15.4. The lowest BCUT2D eigenvalue weighted by Gasteiger charge is -2.35. The molecule has 31 heavy (non-hydrogen) atoms. The van der Waals surface area contributed by atoms with Crippen molar-refractivity contribution in [1.82, 2.24) is 15.4 Å². The van der Waals surface area contributed by atoms with Crippen molar-refractivity contribution in [3.05, 3.63) is 35.4 Å². The maximum atomic E-state index is 12.7. The van der Waals surface area contributed by atoms with E-state index in [4.69, 9.17) is 20.6 Å². The fraction of sp³-hybridized carbons (Fsp3) is 0.429. The molecule has 0 unspecified atom stereocenters. The molecular formula is C21H25N5O5. The number of aliphatic hydroxyl groups is 2. The molecule has 1 saturated carbocycles. The Labute approximate surface area is 179 Å². The van der Waals surface area contributed by atoms with Crippen LogP contribution in [0.4, 0.5) is 5.82 Å². The summed E-state index contributed by atoms with van der Waals surface area (Å²) in [5.41, 5.74) is 8.15. The van der Waals surface area contributed by atoms with Gasteiger partial charge in [-0.3, -0.25) is 9.63 Å². The van der Waals surface area contributed by atoms with Crippen molar-refractivity contribution in [2.45, 2.75) is 44.3 Å². The summed E-state index contributed by atoms with van der Waals surface area (Å²) in [5, 5.41) is 28.7. The predicted octanol–water partition coefficient (Wildman–Crippen LogP) is 1.32. The first-order valence-corrected chi connectivity index (χ1v) is 9.99. The van der Waals surface area contributed by atoms with E-state index in [2.05, 4.69) is 15.4 Å². The van der Waals surface area contributed by atoms with Crippen LogP contribution in [0.15, 0.2) is 24.3 Å². The molecule has 0 saturated heterocycles. The van der Waals surface area contributed by atoms with E-state index < -0.39 is 17.6 Å². The first-order chi connectivity index (χ1) is 14.9. The molecule has 0 radical (unpaired) electrons. The number of carbonyl (C=O) groups excluding carboxylic acids is 1. The lowest BCUT2D eigenvalue weighted by atomic mass is 9.81. The largest absolute Gasteiger partial charge is 0.471 e. The van der Waals surface area contributed by atoms with Gasteiger partial charge in [0.05, 0.1) is 23.8 Å². The van der Waals surface area contributed by atoms with Crippen molar-refractivity contribution in [2.75, 3.05) is 18.9 Å². The van der Waals surface area contributed by atoms with Crippen LogP contribution in [0.3, 0.4) is 0 Å². The summed E-state index contributed by atoms with van der Waals surface area (Å²) in [6.45, 7) is 1.47. The summed E-state index contributed by atoms with van der Waals surface area (Å²) < 4.78 is 5.73. The third-order valence-corrected chi connectivity index (χ3v) is 5.11. The number of hydroxylamine groups is 1. The smallest absolute Gasteiger partial charge is 0.284 e. The summed E-state index contributed by atoms with van der Waals surface area (Å²) in [6.07, 6.45) is 1.96. The van der Waals surface area contributed by atoms with Gasteiger partial charge < -0.3 is 20.7 Å². The molecule has 1 atom stereocenters. The molecule has 0 aliphatic heterocycles.